The Labute approximate surface area is 107 Å². The first-order chi connectivity index (χ1) is 8.33. The second-order valence-corrected chi connectivity index (χ2v) is 5.07. The minimum absolute atomic E-state index is 0.870. The Morgan fingerprint density at radius 3 is 2.94 bits per heavy atom. The molecule has 0 fully saturated rings. The van der Waals surface area contributed by atoms with Crippen molar-refractivity contribution in [2.75, 3.05) is 6.54 Å². The Bertz CT molecular complexity index is 477. The largest absolute Gasteiger partial charge is 0.311 e. The molecule has 0 bridgehead atoms. The lowest BCUT2D eigenvalue weighted by Gasteiger charge is -2.00. The van der Waals surface area contributed by atoms with Gasteiger partial charge in [0.2, 0.25) is 0 Å². The Balaban J connectivity index is 2.18. The lowest BCUT2D eigenvalue weighted by Crippen LogP contribution is -2.11. The minimum Gasteiger partial charge on any atom is -0.311 e. The van der Waals surface area contributed by atoms with Crippen molar-refractivity contribution in [1.29, 1.82) is 0 Å². The summed E-state index contributed by atoms with van der Waals surface area (Å²) in [5.41, 5.74) is 2.66. The van der Waals surface area contributed by atoms with Crippen molar-refractivity contribution in [1.82, 2.24) is 10.3 Å². The van der Waals surface area contributed by atoms with Crippen molar-refractivity contribution >= 4 is 11.3 Å². The first kappa shape index (κ1) is 12.3. The first-order valence-corrected chi connectivity index (χ1v) is 6.90. The Kier molecular flexibility index (Phi) is 4.29. The molecule has 1 N–H and O–H groups in total. The number of aromatic nitrogens is 1. The van der Waals surface area contributed by atoms with Gasteiger partial charge in [-0.05, 0) is 24.1 Å². The van der Waals surface area contributed by atoms with Crippen LogP contribution in [0.4, 0.5) is 0 Å². The number of hydrogen-bond acceptors (Lipinski definition) is 3. The van der Waals surface area contributed by atoms with Crippen LogP contribution in [0.25, 0.3) is 10.4 Å². The predicted octanol–water partition coefficient (Wildman–Crippen LogP) is 3.48. The van der Waals surface area contributed by atoms with Gasteiger partial charge < -0.3 is 5.32 Å². The molecule has 2 rings (SSSR count). The SMILES string of the molecule is CCNCc1ncc(-c2cccc(CC)c2)s1. The molecular weight excluding hydrogens is 228 g/mol. The van der Waals surface area contributed by atoms with E-state index in [1.54, 1.807) is 11.3 Å². The standard InChI is InChI=1S/C14H18N2S/c1-3-11-6-5-7-12(8-11)13-9-16-14(17-13)10-15-4-2/h5-9,15H,3-4,10H2,1-2H3. The monoisotopic (exact) mass is 246 g/mol. The van der Waals surface area contributed by atoms with Crippen LogP contribution in [-0.4, -0.2) is 11.5 Å². The number of benzene rings is 1. The molecule has 90 valence electrons. The predicted molar refractivity (Wildman–Crippen MR) is 74.3 cm³/mol. The van der Waals surface area contributed by atoms with Gasteiger partial charge in [-0.1, -0.05) is 38.1 Å². The lowest BCUT2D eigenvalue weighted by molar-refractivity contribution is 0.722. The van der Waals surface area contributed by atoms with E-state index in [0.717, 1.165) is 24.5 Å². The van der Waals surface area contributed by atoms with Crippen molar-refractivity contribution in [3.8, 4) is 10.4 Å². The van der Waals surface area contributed by atoms with Gasteiger partial charge in [0, 0.05) is 12.7 Å². The topological polar surface area (TPSA) is 24.9 Å². The van der Waals surface area contributed by atoms with Crippen LogP contribution >= 0.6 is 11.3 Å². The molecule has 1 heterocycles. The van der Waals surface area contributed by atoms with Crippen molar-refractivity contribution in [2.45, 2.75) is 26.8 Å². The van der Waals surface area contributed by atoms with E-state index in [4.69, 9.17) is 0 Å². The zero-order valence-corrected chi connectivity index (χ0v) is 11.2. The van der Waals surface area contributed by atoms with Crippen LogP contribution in [0.2, 0.25) is 0 Å². The van der Waals surface area contributed by atoms with Gasteiger partial charge in [-0.2, -0.15) is 0 Å². The number of nitrogens with one attached hydrogen (secondary N) is 1. The van der Waals surface area contributed by atoms with Gasteiger partial charge in [0.25, 0.3) is 0 Å². The lowest BCUT2D eigenvalue weighted by atomic mass is 10.1. The van der Waals surface area contributed by atoms with Crippen molar-refractivity contribution < 1.29 is 0 Å². The summed E-state index contributed by atoms with van der Waals surface area (Å²) in [5.74, 6) is 0. The van der Waals surface area contributed by atoms with Gasteiger partial charge in [0.15, 0.2) is 0 Å². The highest BCUT2D eigenvalue weighted by atomic mass is 32.1. The zero-order valence-electron chi connectivity index (χ0n) is 10.4. The van der Waals surface area contributed by atoms with Crippen LogP contribution in [0, 0.1) is 0 Å². The molecule has 0 unspecified atom stereocenters. The van der Waals surface area contributed by atoms with Gasteiger partial charge in [0.05, 0.1) is 4.88 Å². The molecule has 2 aromatic rings. The molecule has 1 aromatic heterocycles. The van der Waals surface area contributed by atoms with E-state index in [1.165, 1.54) is 16.0 Å². The number of thiazole rings is 1. The van der Waals surface area contributed by atoms with Crippen LogP contribution in [0.3, 0.4) is 0 Å². The van der Waals surface area contributed by atoms with Crippen LogP contribution in [0.5, 0.6) is 0 Å². The second-order valence-electron chi connectivity index (χ2n) is 3.95. The molecule has 0 radical (unpaired) electrons. The first-order valence-electron chi connectivity index (χ1n) is 6.08. The molecule has 0 spiro atoms. The summed E-state index contributed by atoms with van der Waals surface area (Å²) in [4.78, 5) is 5.70. The maximum absolute atomic E-state index is 4.44. The Morgan fingerprint density at radius 1 is 1.29 bits per heavy atom. The van der Waals surface area contributed by atoms with Crippen molar-refractivity contribution in [3.63, 3.8) is 0 Å². The number of aryl methyl sites for hydroxylation is 1. The van der Waals surface area contributed by atoms with Crippen molar-refractivity contribution in [3.05, 3.63) is 41.0 Å². The van der Waals surface area contributed by atoms with Gasteiger partial charge in [0.1, 0.15) is 5.01 Å². The van der Waals surface area contributed by atoms with Crippen LogP contribution in [-0.2, 0) is 13.0 Å². The molecule has 17 heavy (non-hydrogen) atoms. The Hall–Kier alpha value is -1.19. The third kappa shape index (κ3) is 3.14. The maximum Gasteiger partial charge on any atom is 0.107 e. The van der Waals surface area contributed by atoms with Crippen LogP contribution < -0.4 is 5.32 Å². The molecule has 0 atom stereocenters. The molecule has 1 aromatic carbocycles. The third-order valence-corrected chi connectivity index (χ3v) is 3.75. The fraction of sp³-hybridized carbons (Fsp3) is 0.357. The molecule has 2 nitrogen and oxygen atoms in total. The smallest absolute Gasteiger partial charge is 0.107 e. The van der Waals surface area contributed by atoms with Crippen LogP contribution in [0.1, 0.15) is 24.4 Å². The van der Waals surface area contributed by atoms with E-state index < -0.39 is 0 Å². The molecule has 0 aliphatic rings. The van der Waals surface area contributed by atoms with Gasteiger partial charge in [-0.3, -0.25) is 0 Å². The van der Waals surface area contributed by atoms with Crippen LogP contribution in [0.15, 0.2) is 30.5 Å². The summed E-state index contributed by atoms with van der Waals surface area (Å²) in [7, 11) is 0. The van der Waals surface area contributed by atoms with E-state index in [1.807, 2.05) is 6.20 Å². The number of nitrogens with zero attached hydrogens (tertiary/aromatic N) is 1. The summed E-state index contributed by atoms with van der Waals surface area (Å²) < 4.78 is 0. The normalized spacial score (nSPS) is 10.7. The molecule has 3 heteroatoms. The van der Waals surface area contributed by atoms with E-state index >= 15 is 0 Å². The molecule has 0 aliphatic carbocycles. The van der Waals surface area contributed by atoms with Gasteiger partial charge >= 0.3 is 0 Å². The van der Waals surface area contributed by atoms with E-state index in [0.29, 0.717) is 0 Å². The van der Waals surface area contributed by atoms with E-state index in [-0.39, 0.29) is 0 Å². The van der Waals surface area contributed by atoms with Gasteiger partial charge in [-0.25, -0.2) is 4.98 Å². The average molecular weight is 246 g/mol. The van der Waals surface area contributed by atoms with Crippen molar-refractivity contribution in [2.24, 2.45) is 0 Å². The number of rotatable bonds is 5. The fourth-order valence-electron chi connectivity index (χ4n) is 1.70. The highest BCUT2D eigenvalue weighted by molar-refractivity contribution is 7.15. The molecular formula is C14H18N2S. The summed E-state index contributed by atoms with van der Waals surface area (Å²) in [6, 6.07) is 8.70. The summed E-state index contributed by atoms with van der Waals surface area (Å²) >= 11 is 1.77. The Morgan fingerprint density at radius 2 is 2.18 bits per heavy atom. The number of hydrogen-bond donors (Lipinski definition) is 1. The maximum atomic E-state index is 4.44. The zero-order chi connectivity index (χ0) is 12.1. The second kappa shape index (κ2) is 5.94. The summed E-state index contributed by atoms with van der Waals surface area (Å²) in [6.07, 6.45) is 3.06. The third-order valence-electron chi connectivity index (χ3n) is 2.70. The quantitative estimate of drug-likeness (QED) is 0.873. The highest BCUT2D eigenvalue weighted by Crippen LogP contribution is 2.26. The van der Waals surface area contributed by atoms with E-state index in [9.17, 15) is 0 Å². The van der Waals surface area contributed by atoms with E-state index in [2.05, 4.69) is 48.4 Å². The fourth-order valence-corrected chi connectivity index (χ4v) is 2.59. The van der Waals surface area contributed by atoms with Gasteiger partial charge in [-0.15, -0.1) is 11.3 Å². The molecule has 0 saturated heterocycles. The molecule has 0 amide bonds. The molecule has 0 saturated carbocycles. The average Bonchev–Trinajstić information content (AvgIpc) is 2.85. The molecule has 0 aliphatic heterocycles. The minimum atomic E-state index is 0.870. The highest BCUT2D eigenvalue weighted by Gasteiger charge is 2.04. The summed E-state index contributed by atoms with van der Waals surface area (Å²) in [5, 5.41) is 4.46. The summed E-state index contributed by atoms with van der Waals surface area (Å²) in [6.45, 7) is 6.15.